The van der Waals surface area contributed by atoms with E-state index in [1.54, 1.807) is 17.6 Å². The van der Waals surface area contributed by atoms with Gasteiger partial charge >= 0.3 is 0 Å². The molecule has 0 bridgehead atoms. The molecular weight excluding hydrogens is 206 g/mol. The van der Waals surface area contributed by atoms with E-state index in [0.717, 1.165) is 6.54 Å². The third-order valence-electron chi connectivity index (χ3n) is 2.45. The predicted molar refractivity (Wildman–Crippen MR) is 63.3 cm³/mol. The van der Waals surface area contributed by atoms with Gasteiger partial charge in [0.15, 0.2) is 0 Å². The molecule has 2 nitrogen and oxygen atoms in total. The Morgan fingerprint density at radius 2 is 2.33 bits per heavy atom. The number of nitrogens with one attached hydrogen (secondary N) is 1. The Morgan fingerprint density at radius 1 is 1.47 bits per heavy atom. The van der Waals surface area contributed by atoms with Crippen molar-refractivity contribution in [3.63, 3.8) is 0 Å². The van der Waals surface area contributed by atoms with Crippen LogP contribution in [0.25, 0.3) is 0 Å². The van der Waals surface area contributed by atoms with Crippen molar-refractivity contribution in [2.24, 2.45) is 0 Å². The minimum Gasteiger partial charge on any atom is -0.472 e. The predicted octanol–water partition coefficient (Wildman–Crippen LogP) is 3.35. The number of thiophene rings is 1. The van der Waals surface area contributed by atoms with Crippen molar-refractivity contribution in [1.29, 1.82) is 0 Å². The summed E-state index contributed by atoms with van der Waals surface area (Å²) in [5.74, 6) is 0. The average Bonchev–Trinajstić information content (AvgIpc) is 2.85. The summed E-state index contributed by atoms with van der Waals surface area (Å²) in [6, 6.07) is 4.45. The molecule has 0 aliphatic carbocycles. The van der Waals surface area contributed by atoms with Crippen molar-refractivity contribution >= 4 is 11.3 Å². The molecule has 0 aromatic carbocycles. The molecule has 0 amide bonds. The summed E-state index contributed by atoms with van der Waals surface area (Å²) < 4.78 is 5.14. The topological polar surface area (TPSA) is 25.2 Å². The van der Waals surface area contributed by atoms with E-state index in [0.29, 0.717) is 0 Å². The molecule has 2 rings (SSSR count). The first-order valence-electron chi connectivity index (χ1n) is 5.12. The molecule has 2 heterocycles. The Kier molecular flexibility index (Phi) is 3.23. The quantitative estimate of drug-likeness (QED) is 0.856. The molecule has 3 heteroatoms. The van der Waals surface area contributed by atoms with Crippen molar-refractivity contribution in [1.82, 2.24) is 5.32 Å². The first kappa shape index (κ1) is 10.5. The highest BCUT2D eigenvalue weighted by molar-refractivity contribution is 7.10. The second kappa shape index (κ2) is 4.64. The Morgan fingerprint density at radius 3 is 2.87 bits per heavy atom. The fourth-order valence-electron chi connectivity index (χ4n) is 1.69. The number of hydrogen-bond acceptors (Lipinski definition) is 3. The lowest BCUT2D eigenvalue weighted by molar-refractivity contribution is 0.554. The standard InChI is InChI=1S/C12H15NOS/c1-3-13-11(10-4-6-14-8-10)12-9(2)5-7-15-12/h4-8,11,13H,3H2,1-2H3. The van der Waals surface area contributed by atoms with Crippen LogP contribution < -0.4 is 5.32 Å². The molecule has 1 N–H and O–H groups in total. The largest absolute Gasteiger partial charge is 0.472 e. The van der Waals surface area contributed by atoms with Crippen molar-refractivity contribution in [2.45, 2.75) is 19.9 Å². The molecule has 1 unspecified atom stereocenters. The van der Waals surface area contributed by atoms with Gasteiger partial charge in [0.05, 0.1) is 18.6 Å². The zero-order valence-electron chi connectivity index (χ0n) is 8.99. The molecule has 0 fully saturated rings. The molecule has 1 atom stereocenters. The highest BCUT2D eigenvalue weighted by Gasteiger charge is 2.16. The summed E-state index contributed by atoms with van der Waals surface area (Å²) in [5.41, 5.74) is 2.54. The van der Waals surface area contributed by atoms with E-state index in [2.05, 4.69) is 30.6 Å². The number of hydrogen-bond donors (Lipinski definition) is 1. The number of aryl methyl sites for hydroxylation is 1. The zero-order chi connectivity index (χ0) is 10.7. The van der Waals surface area contributed by atoms with Crippen LogP contribution in [0.5, 0.6) is 0 Å². The van der Waals surface area contributed by atoms with Crippen LogP contribution in [-0.2, 0) is 0 Å². The highest BCUT2D eigenvalue weighted by Crippen LogP contribution is 2.29. The van der Waals surface area contributed by atoms with Gasteiger partial charge in [0.2, 0.25) is 0 Å². The van der Waals surface area contributed by atoms with Crippen LogP contribution in [-0.4, -0.2) is 6.54 Å². The normalized spacial score (nSPS) is 12.9. The monoisotopic (exact) mass is 221 g/mol. The van der Waals surface area contributed by atoms with Gasteiger partial charge in [-0.25, -0.2) is 0 Å². The summed E-state index contributed by atoms with van der Waals surface area (Å²) in [6.07, 6.45) is 3.54. The Bertz CT molecular complexity index is 405. The summed E-state index contributed by atoms with van der Waals surface area (Å²) in [7, 11) is 0. The van der Waals surface area contributed by atoms with Gasteiger partial charge in [-0.1, -0.05) is 6.92 Å². The second-order valence-corrected chi connectivity index (χ2v) is 4.46. The van der Waals surface area contributed by atoms with Gasteiger partial charge in [-0.2, -0.15) is 0 Å². The maximum absolute atomic E-state index is 5.14. The van der Waals surface area contributed by atoms with E-state index < -0.39 is 0 Å². The van der Waals surface area contributed by atoms with Crippen molar-refractivity contribution in [3.05, 3.63) is 46.0 Å². The van der Waals surface area contributed by atoms with E-state index >= 15 is 0 Å². The third kappa shape index (κ3) is 2.13. The van der Waals surface area contributed by atoms with Gasteiger partial charge in [0.1, 0.15) is 0 Å². The van der Waals surface area contributed by atoms with Crippen LogP contribution in [0.3, 0.4) is 0 Å². The average molecular weight is 221 g/mol. The van der Waals surface area contributed by atoms with Gasteiger partial charge in [-0.05, 0) is 36.5 Å². The molecule has 2 aromatic rings. The second-order valence-electron chi connectivity index (χ2n) is 3.52. The van der Waals surface area contributed by atoms with Crippen LogP contribution >= 0.6 is 11.3 Å². The molecular formula is C12H15NOS. The van der Waals surface area contributed by atoms with Crippen LogP contribution in [0.2, 0.25) is 0 Å². The van der Waals surface area contributed by atoms with Gasteiger partial charge in [0, 0.05) is 10.4 Å². The molecule has 80 valence electrons. The molecule has 0 saturated carbocycles. The molecule has 0 radical (unpaired) electrons. The van der Waals surface area contributed by atoms with Crippen LogP contribution in [0.15, 0.2) is 34.5 Å². The summed E-state index contributed by atoms with van der Waals surface area (Å²) in [6.45, 7) is 5.22. The lowest BCUT2D eigenvalue weighted by atomic mass is 10.1. The lowest BCUT2D eigenvalue weighted by Crippen LogP contribution is -2.21. The van der Waals surface area contributed by atoms with Gasteiger partial charge in [-0.3, -0.25) is 0 Å². The third-order valence-corrected chi connectivity index (χ3v) is 3.53. The summed E-state index contributed by atoms with van der Waals surface area (Å²) in [5, 5.41) is 5.61. The SMILES string of the molecule is CCNC(c1ccoc1)c1sccc1C. The summed E-state index contributed by atoms with van der Waals surface area (Å²) in [4.78, 5) is 1.37. The fourth-order valence-corrected chi connectivity index (χ4v) is 2.71. The first-order chi connectivity index (χ1) is 7.33. The minimum atomic E-state index is 0.272. The maximum atomic E-state index is 5.14. The van der Waals surface area contributed by atoms with Crippen molar-refractivity contribution in [3.8, 4) is 0 Å². The number of rotatable bonds is 4. The maximum Gasteiger partial charge on any atom is 0.0954 e. The van der Waals surface area contributed by atoms with Crippen LogP contribution in [0.1, 0.15) is 29.0 Å². The van der Waals surface area contributed by atoms with E-state index in [1.165, 1.54) is 16.0 Å². The van der Waals surface area contributed by atoms with Crippen molar-refractivity contribution < 1.29 is 4.42 Å². The van der Waals surface area contributed by atoms with Gasteiger partial charge < -0.3 is 9.73 Å². The van der Waals surface area contributed by atoms with E-state index in [-0.39, 0.29) is 6.04 Å². The molecule has 0 spiro atoms. The Balaban J connectivity index is 2.32. The first-order valence-corrected chi connectivity index (χ1v) is 6.00. The molecule has 15 heavy (non-hydrogen) atoms. The fraction of sp³-hybridized carbons (Fsp3) is 0.333. The smallest absolute Gasteiger partial charge is 0.0954 e. The highest BCUT2D eigenvalue weighted by atomic mass is 32.1. The van der Waals surface area contributed by atoms with Crippen LogP contribution in [0.4, 0.5) is 0 Å². The zero-order valence-corrected chi connectivity index (χ0v) is 9.80. The Hall–Kier alpha value is -1.06. The van der Waals surface area contributed by atoms with E-state index in [1.807, 2.05) is 12.3 Å². The lowest BCUT2D eigenvalue weighted by Gasteiger charge is -2.15. The Labute approximate surface area is 93.9 Å². The molecule has 2 aromatic heterocycles. The van der Waals surface area contributed by atoms with Crippen LogP contribution in [0, 0.1) is 6.92 Å². The summed E-state index contributed by atoms with van der Waals surface area (Å²) >= 11 is 1.79. The minimum absolute atomic E-state index is 0.272. The molecule has 0 aliphatic rings. The molecule has 0 aliphatic heterocycles. The van der Waals surface area contributed by atoms with Crippen molar-refractivity contribution in [2.75, 3.05) is 6.54 Å². The van der Waals surface area contributed by atoms with Gasteiger partial charge in [-0.15, -0.1) is 11.3 Å². The van der Waals surface area contributed by atoms with Gasteiger partial charge in [0.25, 0.3) is 0 Å². The van der Waals surface area contributed by atoms with E-state index in [9.17, 15) is 0 Å². The molecule has 0 saturated heterocycles. The van der Waals surface area contributed by atoms with E-state index in [4.69, 9.17) is 4.42 Å². The number of furan rings is 1.